The SMILES string of the molecule is Fc1ccc(COc2cccc(CBr)c2)cc1F. The van der Waals surface area contributed by atoms with Gasteiger partial charge in [-0.1, -0.05) is 34.1 Å². The lowest BCUT2D eigenvalue weighted by atomic mass is 10.2. The van der Waals surface area contributed by atoms with Gasteiger partial charge >= 0.3 is 0 Å². The molecule has 0 aliphatic rings. The number of halogens is 3. The highest BCUT2D eigenvalue weighted by Gasteiger charge is 2.03. The minimum Gasteiger partial charge on any atom is -0.489 e. The summed E-state index contributed by atoms with van der Waals surface area (Å²) in [6.07, 6.45) is 0. The Morgan fingerprint density at radius 3 is 2.50 bits per heavy atom. The fraction of sp³-hybridized carbons (Fsp3) is 0.143. The van der Waals surface area contributed by atoms with Crippen LogP contribution in [0.5, 0.6) is 5.75 Å². The zero-order chi connectivity index (χ0) is 13.0. The fourth-order valence-corrected chi connectivity index (χ4v) is 1.86. The van der Waals surface area contributed by atoms with Gasteiger partial charge in [-0.2, -0.15) is 0 Å². The first-order chi connectivity index (χ1) is 8.69. The molecule has 0 saturated heterocycles. The third kappa shape index (κ3) is 3.29. The number of hydrogen-bond donors (Lipinski definition) is 0. The van der Waals surface area contributed by atoms with Gasteiger partial charge in [-0.3, -0.25) is 0 Å². The molecular weight excluding hydrogens is 302 g/mol. The highest BCUT2D eigenvalue weighted by Crippen LogP contribution is 2.17. The molecule has 0 aliphatic carbocycles. The molecule has 94 valence electrons. The maximum atomic E-state index is 13.0. The molecule has 18 heavy (non-hydrogen) atoms. The summed E-state index contributed by atoms with van der Waals surface area (Å²) in [5.74, 6) is -0.998. The molecule has 0 saturated carbocycles. The largest absolute Gasteiger partial charge is 0.489 e. The average Bonchev–Trinajstić information content (AvgIpc) is 2.40. The minimum atomic E-state index is -0.856. The molecule has 0 unspecified atom stereocenters. The Morgan fingerprint density at radius 1 is 0.944 bits per heavy atom. The second-order valence-electron chi connectivity index (χ2n) is 3.82. The van der Waals surface area contributed by atoms with Crippen molar-refractivity contribution < 1.29 is 13.5 Å². The van der Waals surface area contributed by atoms with Crippen molar-refractivity contribution in [3.63, 3.8) is 0 Å². The number of alkyl halides is 1. The van der Waals surface area contributed by atoms with E-state index < -0.39 is 11.6 Å². The van der Waals surface area contributed by atoms with Crippen molar-refractivity contribution in [1.82, 2.24) is 0 Å². The van der Waals surface area contributed by atoms with E-state index in [1.807, 2.05) is 24.3 Å². The molecule has 0 atom stereocenters. The normalized spacial score (nSPS) is 10.4. The summed E-state index contributed by atoms with van der Waals surface area (Å²) in [4.78, 5) is 0. The van der Waals surface area contributed by atoms with E-state index in [-0.39, 0.29) is 6.61 Å². The Kier molecular flexibility index (Phi) is 4.31. The summed E-state index contributed by atoms with van der Waals surface area (Å²) < 4.78 is 31.2. The van der Waals surface area contributed by atoms with Crippen LogP contribution in [0.25, 0.3) is 0 Å². The first-order valence-corrected chi connectivity index (χ1v) is 6.53. The Bertz CT molecular complexity index is 543. The Morgan fingerprint density at radius 2 is 1.78 bits per heavy atom. The van der Waals surface area contributed by atoms with Crippen LogP contribution in [0.4, 0.5) is 8.78 Å². The summed E-state index contributed by atoms with van der Waals surface area (Å²) in [5.41, 5.74) is 1.69. The molecule has 0 heterocycles. The van der Waals surface area contributed by atoms with Crippen molar-refractivity contribution in [2.75, 3.05) is 0 Å². The lowest BCUT2D eigenvalue weighted by Crippen LogP contribution is -1.97. The van der Waals surface area contributed by atoms with Crippen LogP contribution in [0.15, 0.2) is 42.5 Å². The van der Waals surface area contributed by atoms with Gasteiger partial charge in [-0.25, -0.2) is 8.78 Å². The van der Waals surface area contributed by atoms with Crippen LogP contribution in [0, 0.1) is 11.6 Å². The maximum Gasteiger partial charge on any atom is 0.159 e. The van der Waals surface area contributed by atoms with Gasteiger partial charge < -0.3 is 4.74 Å². The number of ether oxygens (including phenoxy) is 1. The van der Waals surface area contributed by atoms with Gasteiger partial charge in [0, 0.05) is 5.33 Å². The first-order valence-electron chi connectivity index (χ1n) is 5.40. The Labute approximate surface area is 113 Å². The van der Waals surface area contributed by atoms with Crippen molar-refractivity contribution in [2.24, 2.45) is 0 Å². The van der Waals surface area contributed by atoms with E-state index in [9.17, 15) is 8.78 Å². The van der Waals surface area contributed by atoms with E-state index in [4.69, 9.17) is 4.74 Å². The van der Waals surface area contributed by atoms with Gasteiger partial charge in [0.05, 0.1) is 0 Å². The second kappa shape index (κ2) is 5.96. The van der Waals surface area contributed by atoms with Gasteiger partial charge in [0.25, 0.3) is 0 Å². The number of benzene rings is 2. The lowest BCUT2D eigenvalue weighted by Gasteiger charge is -2.07. The number of rotatable bonds is 4. The van der Waals surface area contributed by atoms with Crippen molar-refractivity contribution in [3.8, 4) is 5.75 Å². The van der Waals surface area contributed by atoms with Crippen molar-refractivity contribution in [3.05, 3.63) is 65.2 Å². The molecule has 0 N–H and O–H groups in total. The molecule has 0 amide bonds. The molecule has 2 aromatic rings. The van der Waals surface area contributed by atoms with E-state index in [0.717, 1.165) is 23.0 Å². The third-order valence-corrected chi connectivity index (χ3v) is 3.09. The maximum absolute atomic E-state index is 13.0. The predicted molar refractivity (Wildman–Crippen MR) is 69.8 cm³/mol. The van der Waals surface area contributed by atoms with Crippen LogP contribution >= 0.6 is 15.9 Å². The van der Waals surface area contributed by atoms with Crippen molar-refractivity contribution in [1.29, 1.82) is 0 Å². The lowest BCUT2D eigenvalue weighted by molar-refractivity contribution is 0.305. The summed E-state index contributed by atoms with van der Waals surface area (Å²) in [6.45, 7) is 0.211. The van der Waals surface area contributed by atoms with Gasteiger partial charge in [0.1, 0.15) is 12.4 Å². The summed E-state index contributed by atoms with van der Waals surface area (Å²) >= 11 is 3.36. The van der Waals surface area contributed by atoms with Crippen LogP contribution in [-0.2, 0) is 11.9 Å². The van der Waals surface area contributed by atoms with Crippen LogP contribution in [0.3, 0.4) is 0 Å². The molecule has 0 aromatic heterocycles. The van der Waals surface area contributed by atoms with E-state index in [1.165, 1.54) is 6.07 Å². The third-order valence-electron chi connectivity index (χ3n) is 2.44. The van der Waals surface area contributed by atoms with Crippen LogP contribution < -0.4 is 4.74 Å². The molecule has 0 bridgehead atoms. The molecule has 0 radical (unpaired) electrons. The van der Waals surface area contributed by atoms with E-state index in [0.29, 0.717) is 11.3 Å². The number of hydrogen-bond acceptors (Lipinski definition) is 1. The smallest absolute Gasteiger partial charge is 0.159 e. The summed E-state index contributed by atoms with van der Waals surface area (Å²) in [6, 6.07) is 11.3. The molecule has 2 aromatic carbocycles. The summed E-state index contributed by atoms with van der Waals surface area (Å²) in [7, 11) is 0. The van der Waals surface area contributed by atoms with E-state index >= 15 is 0 Å². The highest BCUT2D eigenvalue weighted by atomic mass is 79.9. The quantitative estimate of drug-likeness (QED) is 0.758. The van der Waals surface area contributed by atoms with Crippen LogP contribution in [-0.4, -0.2) is 0 Å². The van der Waals surface area contributed by atoms with Crippen LogP contribution in [0.2, 0.25) is 0 Å². The molecule has 2 rings (SSSR count). The minimum absolute atomic E-state index is 0.211. The molecule has 0 spiro atoms. The highest BCUT2D eigenvalue weighted by molar-refractivity contribution is 9.08. The monoisotopic (exact) mass is 312 g/mol. The zero-order valence-corrected chi connectivity index (χ0v) is 11.1. The predicted octanol–water partition coefficient (Wildman–Crippen LogP) is 4.44. The van der Waals surface area contributed by atoms with Gasteiger partial charge in [-0.05, 0) is 35.4 Å². The van der Waals surface area contributed by atoms with Gasteiger partial charge in [-0.15, -0.1) is 0 Å². The molecule has 1 nitrogen and oxygen atoms in total. The van der Waals surface area contributed by atoms with Gasteiger partial charge in [0.15, 0.2) is 11.6 Å². The molecule has 0 aliphatic heterocycles. The standard InChI is InChI=1S/C14H11BrF2O/c15-8-10-2-1-3-12(6-10)18-9-11-4-5-13(16)14(17)7-11/h1-7H,8-9H2. The van der Waals surface area contributed by atoms with E-state index in [2.05, 4.69) is 15.9 Å². The summed E-state index contributed by atoms with van der Waals surface area (Å²) in [5, 5.41) is 0.745. The topological polar surface area (TPSA) is 9.23 Å². The van der Waals surface area contributed by atoms with E-state index in [1.54, 1.807) is 0 Å². The zero-order valence-electron chi connectivity index (χ0n) is 9.50. The molecule has 4 heteroatoms. The van der Waals surface area contributed by atoms with Gasteiger partial charge in [0.2, 0.25) is 0 Å². The molecule has 0 fully saturated rings. The Hall–Kier alpha value is -1.42. The molecular formula is C14H11BrF2O. The van der Waals surface area contributed by atoms with Crippen LogP contribution in [0.1, 0.15) is 11.1 Å². The first kappa shape index (κ1) is 13.0. The average molecular weight is 313 g/mol. The fourth-order valence-electron chi connectivity index (χ4n) is 1.51. The Balaban J connectivity index is 2.04. The van der Waals surface area contributed by atoms with Crippen molar-refractivity contribution >= 4 is 15.9 Å². The second-order valence-corrected chi connectivity index (χ2v) is 4.38. The van der Waals surface area contributed by atoms with Crippen molar-refractivity contribution in [2.45, 2.75) is 11.9 Å².